The summed E-state index contributed by atoms with van der Waals surface area (Å²) in [4.78, 5) is 35.7. The topological polar surface area (TPSA) is 155 Å². The molecule has 0 fully saturated rings. The van der Waals surface area contributed by atoms with Crippen molar-refractivity contribution < 1.29 is 52.4 Å². The van der Waals surface area contributed by atoms with E-state index in [1.165, 1.54) is 27.2 Å². The van der Waals surface area contributed by atoms with E-state index in [0.29, 0.717) is 22.4 Å². The summed E-state index contributed by atoms with van der Waals surface area (Å²) < 4.78 is 38.5. The Bertz CT molecular complexity index is 1180. The van der Waals surface area contributed by atoms with Gasteiger partial charge < -0.3 is 28.9 Å². The molecule has 12 heteroatoms. The maximum absolute atomic E-state index is 12.8. The van der Waals surface area contributed by atoms with E-state index < -0.39 is 37.5 Å². The van der Waals surface area contributed by atoms with Crippen molar-refractivity contribution in [1.29, 1.82) is 0 Å². The van der Waals surface area contributed by atoms with Crippen molar-refractivity contribution in [3.8, 4) is 11.5 Å². The van der Waals surface area contributed by atoms with Crippen LogP contribution in [0.4, 0.5) is 0 Å². The normalized spacial score (nSPS) is 16.4. The predicted octanol–water partition coefficient (Wildman–Crippen LogP) is 4.71. The predicted molar refractivity (Wildman–Crippen MR) is 142 cm³/mol. The molecule has 0 aliphatic carbocycles. The summed E-state index contributed by atoms with van der Waals surface area (Å²) in [6.45, 7) is 6.85. The summed E-state index contributed by atoms with van der Waals surface area (Å²) in [7, 11) is -0.949. The Morgan fingerprint density at radius 1 is 1.23 bits per heavy atom. The minimum Gasteiger partial charge on any atom is -0.507 e. The molecule has 11 nitrogen and oxygen atoms in total. The van der Waals surface area contributed by atoms with Crippen LogP contribution in [0.5, 0.6) is 11.5 Å². The molecule has 1 aliphatic rings. The van der Waals surface area contributed by atoms with Crippen molar-refractivity contribution in [2.75, 3.05) is 27.0 Å². The lowest BCUT2D eigenvalue weighted by molar-refractivity contribution is -0.150. The van der Waals surface area contributed by atoms with Gasteiger partial charge in [-0.2, -0.15) is 0 Å². The Balaban J connectivity index is 2.07. The molecular formula is C27H37O11P. The van der Waals surface area contributed by atoms with Crippen molar-refractivity contribution in [2.24, 2.45) is 5.92 Å². The number of carbonyl (C=O) groups excluding carboxylic acids is 2. The van der Waals surface area contributed by atoms with Gasteiger partial charge in [0, 0.05) is 18.2 Å². The third-order valence-corrected chi connectivity index (χ3v) is 8.20. The Morgan fingerprint density at radius 2 is 1.92 bits per heavy atom. The number of phenols is 1. The van der Waals surface area contributed by atoms with Crippen LogP contribution >= 0.6 is 7.60 Å². The van der Waals surface area contributed by atoms with E-state index in [2.05, 4.69) is 0 Å². The van der Waals surface area contributed by atoms with Crippen molar-refractivity contribution >= 4 is 25.5 Å². The van der Waals surface area contributed by atoms with Gasteiger partial charge in [0.2, 0.25) is 0 Å². The first-order chi connectivity index (χ1) is 18.4. The number of cyclic esters (lactones) is 1. The first-order valence-corrected chi connectivity index (χ1v) is 14.2. The van der Waals surface area contributed by atoms with Crippen molar-refractivity contribution in [3.05, 3.63) is 46.1 Å². The van der Waals surface area contributed by atoms with E-state index in [4.69, 9.17) is 23.3 Å². The number of esters is 2. The molecule has 1 aromatic rings. The molecule has 0 spiro atoms. The fourth-order valence-corrected chi connectivity index (χ4v) is 5.51. The summed E-state index contributed by atoms with van der Waals surface area (Å²) in [6, 6.07) is 0. The molecular weight excluding hydrogens is 531 g/mol. The number of benzene rings is 1. The minimum atomic E-state index is -3.63. The number of aromatic hydroxyl groups is 1. The highest BCUT2D eigenvalue weighted by Gasteiger charge is 2.32. The number of aliphatic carboxylic acids is 1. The van der Waals surface area contributed by atoms with E-state index in [9.17, 15) is 29.2 Å². The van der Waals surface area contributed by atoms with Gasteiger partial charge in [-0.05, 0) is 52.5 Å². The number of carboxylic acids is 1. The average molecular weight is 569 g/mol. The van der Waals surface area contributed by atoms with Crippen molar-refractivity contribution in [3.63, 3.8) is 0 Å². The third-order valence-electron chi connectivity index (χ3n) is 6.35. The Morgan fingerprint density at radius 3 is 2.51 bits per heavy atom. The van der Waals surface area contributed by atoms with E-state index in [1.807, 2.05) is 0 Å². The first kappa shape index (κ1) is 32.1. The molecule has 2 N–H and O–H groups in total. The maximum Gasteiger partial charge on any atom is 0.342 e. The molecule has 0 aromatic heterocycles. The molecule has 2 rings (SSSR count). The second-order valence-electron chi connectivity index (χ2n) is 9.09. The standard InChI is InChI=1S/C27H37O11P/c1-7-36-26(31)18(4)38-39(33,35-6)13-9-8-10-19(25(29)30)14-16(2)11-12-20-23(28)22-21(15-37-27(22)32)17(3)24(20)34-5/h8-9,11,18-19,28H,7,10,12-15H2,1-6H3,(H,29,30)/b9-8+,16-11+. The minimum absolute atomic E-state index is 0.0727. The van der Waals surface area contributed by atoms with E-state index >= 15 is 0 Å². The number of carbonyl (C=O) groups is 3. The number of carboxylic acid groups (broad SMARTS) is 1. The summed E-state index contributed by atoms with van der Waals surface area (Å²) in [5, 5.41) is 20.5. The molecule has 0 bridgehead atoms. The van der Waals surface area contributed by atoms with Gasteiger partial charge in [-0.1, -0.05) is 23.8 Å². The first-order valence-electron chi connectivity index (χ1n) is 12.5. The molecule has 1 aliphatic heterocycles. The Labute approximate surface area is 228 Å². The van der Waals surface area contributed by atoms with Gasteiger partial charge >= 0.3 is 25.5 Å². The number of fused-ring (bicyclic) bond motifs is 1. The second kappa shape index (κ2) is 14.3. The second-order valence-corrected chi connectivity index (χ2v) is 11.3. The zero-order valence-corrected chi connectivity index (χ0v) is 24.0. The highest BCUT2D eigenvalue weighted by Crippen LogP contribution is 2.48. The zero-order valence-electron chi connectivity index (χ0n) is 23.1. The molecule has 0 saturated carbocycles. The summed E-state index contributed by atoms with van der Waals surface area (Å²) in [6.07, 6.45) is 4.23. The van der Waals surface area contributed by atoms with Crippen LogP contribution in [0, 0.1) is 12.8 Å². The molecule has 1 heterocycles. The van der Waals surface area contributed by atoms with Gasteiger partial charge in [-0.25, -0.2) is 9.59 Å². The number of hydrogen-bond acceptors (Lipinski definition) is 10. The van der Waals surface area contributed by atoms with Gasteiger partial charge in [0.15, 0.2) is 6.10 Å². The summed E-state index contributed by atoms with van der Waals surface area (Å²) in [5.74, 6) is -2.77. The average Bonchev–Trinajstić information content (AvgIpc) is 3.28. The molecule has 0 radical (unpaired) electrons. The number of hydrogen-bond donors (Lipinski definition) is 2. The van der Waals surface area contributed by atoms with Crippen molar-refractivity contribution in [2.45, 2.75) is 59.7 Å². The van der Waals surface area contributed by atoms with Gasteiger partial charge in [0.25, 0.3) is 0 Å². The van der Waals surface area contributed by atoms with Crippen LogP contribution in [-0.4, -0.2) is 61.2 Å². The Kier molecular flexibility index (Phi) is 11.8. The fraction of sp³-hybridized carbons (Fsp3) is 0.519. The SMILES string of the molecule is CCOC(=O)C(C)OP(=O)(C/C=C/CC(C/C(C)=C/Cc1c(O)c2c(c(C)c1OC)COC2=O)C(=O)O)OC. The van der Waals surface area contributed by atoms with Crippen LogP contribution in [0.3, 0.4) is 0 Å². The molecule has 1 aromatic carbocycles. The van der Waals surface area contributed by atoms with Gasteiger partial charge in [-0.3, -0.25) is 13.9 Å². The van der Waals surface area contributed by atoms with Crippen LogP contribution in [0.1, 0.15) is 60.7 Å². The van der Waals surface area contributed by atoms with Crippen LogP contribution in [0.25, 0.3) is 0 Å². The molecule has 3 atom stereocenters. The van der Waals surface area contributed by atoms with Gasteiger partial charge in [-0.15, -0.1) is 0 Å². The monoisotopic (exact) mass is 568 g/mol. The number of methoxy groups -OCH3 is 1. The molecule has 0 saturated heterocycles. The lowest BCUT2D eigenvalue weighted by Crippen LogP contribution is -2.23. The lowest BCUT2D eigenvalue weighted by atomic mass is 9.93. The molecule has 39 heavy (non-hydrogen) atoms. The van der Waals surface area contributed by atoms with E-state index in [-0.39, 0.29) is 50.0 Å². The van der Waals surface area contributed by atoms with E-state index in [0.717, 1.165) is 5.57 Å². The van der Waals surface area contributed by atoms with Crippen LogP contribution in [0.15, 0.2) is 23.8 Å². The van der Waals surface area contributed by atoms with Crippen LogP contribution in [-0.2, 0) is 45.7 Å². The summed E-state index contributed by atoms with van der Waals surface area (Å²) >= 11 is 0. The largest absolute Gasteiger partial charge is 0.507 e. The van der Waals surface area contributed by atoms with Gasteiger partial charge in [0.05, 0.1) is 25.8 Å². The zero-order chi connectivity index (χ0) is 29.3. The number of ether oxygens (including phenoxy) is 3. The highest BCUT2D eigenvalue weighted by molar-refractivity contribution is 7.54. The quantitative estimate of drug-likeness (QED) is 0.172. The maximum atomic E-state index is 12.8. The molecule has 3 unspecified atom stereocenters. The molecule has 0 amide bonds. The lowest BCUT2D eigenvalue weighted by Gasteiger charge is -2.19. The summed E-state index contributed by atoms with van der Waals surface area (Å²) in [5.41, 5.74) is 2.62. The van der Waals surface area contributed by atoms with Crippen LogP contribution < -0.4 is 4.74 Å². The smallest absolute Gasteiger partial charge is 0.342 e. The number of allylic oxidation sites excluding steroid dienone is 4. The third kappa shape index (κ3) is 8.17. The van der Waals surface area contributed by atoms with Crippen molar-refractivity contribution in [1.82, 2.24) is 0 Å². The van der Waals surface area contributed by atoms with Gasteiger partial charge in [0.1, 0.15) is 23.7 Å². The number of phenolic OH excluding ortho intramolecular Hbond substituents is 1. The highest BCUT2D eigenvalue weighted by atomic mass is 31.2. The number of rotatable bonds is 15. The molecule has 216 valence electrons. The van der Waals surface area contributed by atoms with E-state index in [1.54, 1.807) is 32.9 Å². The van der Waals surface area contributed by atoms with Crippen LogP contribution in [0.2, 0.25) is 0 Å². The fourth-order valence-electron chi connectivity index (χ4n) is 4.22. The Hall–Kier alpha value is -3.14.